The van der Waals surface area contributed by atoms with Crippen molar-refractivity contribution in [2.45, 2.75) is 26.4 Å². The molecule has 0 saturated carbocycles. The lowest BCUT2D eigenvalue weighted by Crippen LogP contribution is -2.22. The Balaban J connectivity index is 1.89. The summed E-state index contributed by atoms with van der Waals surface area (Å²) in [7, 11) is 1.66. The van der Waals surface area contributed by atoms with E-state index in [1.165, 1.54) is 0 Å². The molecule has 1 atom stereocenters. The van der Waals surface area contributed by atoms with Gasteiger partial charge in [0.1, 0.15) is 22.1 Å². The number of nitrogens with two attached hydrogens (primary N) is 1. The Labute approximate surface area is 138 Å². The lowest BCUT2D eigenvalue weighted by molar-refractivity contribution is 0.415. The fourth-order valence-electron chi connectivity index (χ4n) is 2.28. The molecule has 0 bridgehead atoms. The minimum atomic E-state index is 0.0379. The Morgan fingerprint density at radius 3 is 2.70 bits per heavy atom. The highest BCUT2D eigenvalue weighted by Crippen LogP contribution is 2.32. The molecule has 3 aromatic rings. The van der Waals surface area contributed by atoms with Gasteiger partial charge < -0.3 is 10.5 Å². The average molecular weight is 329 g/mol. The molecule has 0 amide bonds. The van der Waals surface area contributed by atoms with Crippen molar-refractivity contribution in [3.63, 3.8) is 0 Å². The van der Waals surface area contributed by atoms with Gasteiger partial charge in [0.05, 0.1) is 19.9 Å². The monoisotopic (exact) mass is 329 g/mol. The smallest absolute Gasteiger partial charge is 0.132 e. The van der Waals surface area contributed by atoms with E-state index < -0.39 is 0 Å². The van der Waals surface area contributed by atoms with Crippen LogP contribution in [0, 0.1) is 6.92 Å². The largest absolute Gasteiger partial charge is 0.497 e. The van der Waals surface area contributed by atoms with E-state index >= 15 is 0 Å². The van der Waals surface area contributed by atoms with Crippen LogP contribution in [0.15, 0.2) is 30.5 Å². The van der Waals surface area contributed by atoms with E-state index in [4.69, 9.17) is 15.5 Å². The number of methoxy groups -OCH3 is 1. The topological polar surface area (TPSA) is 78.9 Å². The molecule has 7 heteroatoms. The van der Waals surface area contributed by atoms with Gasteiger partial charge in [-0.25, -0.2) is 4.98 Å². The lowest BCUT2D eigenvalue weighted by atomic mass is 10.2. The quantitative estimate of drug-likeness (QED) is 0.778. The van der Waals surface area contributed by atoms with Gasteiger partial charge in [0.2, 0.25) is 0 Å². The van der Waals surface area contributed by atoms with Crippen molar-refractivity contribution in [2.24, 2.45) is 5.73 Å². The summed E-state index contributed by atoms with van der Waals surface area (Å²) in [6.45, 7) is 4.63. The fourth-order valence-corrected chi connectivity index (χ4v) is 3.21. The average Bonchev–Trinajstić information content (AvgIpc) is 3.13. The van der Waals surface area contributed by atoms with Gasteiger partial charge in [-0.1, -0.05) is 5.21 Å². The van der Waals surface area contributed by atoms with Crippen molar-refractivity contribution >= 4 is 11.3 Å². The van der Waals surface area contributed by atoms with Gasteiger partial charge in [0.25, 0.3) is 0 Å². The Bertz CT molecular complexity index is 791. The standard InChI is InChI=1S/C16H19N5OS/c1-10(17)8-21-9-14(19-20-21)15-11(2)23-16(18-15)12-4-6-13(22-3)7-5-12/h4-7,9-10H,8,17H2,1-3H3/t10-/m0/s1. The summed E-state index contributed by atoms with van der Waals surface area (Å²) in [6, 6.07) is 7.92. The van der Waals surface area contributed by atoms with Crippen molar-refractivity contribution < 1.29 is 4.74 Å². The third-order valence-electron chi connectivity index (χ3n) is 3.39. The van der Waals surface area contributed by atoms with E-state index in [0.29, 0.717) is 6.54 Å². The number of hydrogen-bond donors (Lipinski definition) is 1. The van der Waals surface area contributed by atoms with Crippen LogP contribution in [0.25, 0.3) is 22.0 Å². The number of ether oxygens (including phenoxy) is 1. The molecule has 2 heterocycles. The van der Waals surface area contributed by atoms with E-state index in [1.807, 2.05) is 44.3 Å². The molecule has 23 heavy (non-hydrogen) atoms. The Kier molecular flexibility index (Phi) is 4.40. The second-order valence-electron chi connectivity index (χ2n) is 5.46. The summed E-state index contributed by atoms with van der Waals surface area (Å²) in [5, 5.41) is 9.29. The molecule has 1 aromatic carbocycles. The molecule has 0 aliphatic carbocycles. The molecule has 6 nitrogen and oxygen atoms in total. The van der Waals surface area contributed by atoms with E-state index in [-0.39, 0.29) is 6.04 Å². The Morgan fingerprint density at radius 2 is 2.04 bits per heavy atom. The van der Waals surface area contributed by atoms with Crippen LogP contribution < -0.4 is 10.5 Å². The van der Waals surface area contributed by atoms with Crippen molar-refractivity contribution in [3.05, 3.63) is 35.3 Å². The molecule has 2 aromatic heterocycles. The SMILES string of the molecule is COc1ccc(-c2nc(-c3cn(C[C@H](C)N)nn3)c(C)s2)cc1. The molecule has 2 N–H and O–H groups in total. The summed E-state index contributed by atoms with van der Waals surface area (Å²) in [5.41, 5.74) is 8.51. The zero-order valence-corrected chi connectivity index (χ0v) is 14.2. The number of aromatic nitrogens is 4. The summed E-state index contributed by atoms with van der Waals surface area (Å²) < 4.78 is 6.95. The third-order valence-corrected chi connectivity index (χ3v) is 4.41. The molecular formula is C16H19N5OS. The molecule has 0 radical (unpaired) electrons. The zero-order chi connectivity index (χ0) is 16.4. The van der Waals surface area contributed by atoms with Gasteiger partial charge in [-0.2, -0.15) is 0 Å². The summed E-state index contributed by atoms with van der Waals surface area (Å²) in [6.07, 6.45) is 1.89. The van der Waals surface area contributed by atoms with E-state index in [2.05, 4.69) is 10.3 Å². The molecule has 0 aliphatic heterocycles. The molecular weight excluding hydrogens is 310 g/mol. The molecule has 0 fully saturated rings. The highest BCUT2D eigenvalue weighted by Gasteiger charge is 2.14. The van der Waals surface area contributed by atoms with Gasteiger partial charge >= 0.3 is 0 Å². The second kappa shape index (κ2) is 6.47. The summed E-state index contributed by atoms with van der Waals surface area (Å²) >= 11 is 1.65. The van der Waals surface area contributed by atoms with Gasteiger partial charge in [-0.3, -0.25) is 4.68 Å². The fraction of sp³-hybridized carbons (Fsp3) is 0.312. The van der Waals surface area contributed by atoms with Crippen molar-refractivity contribution in [2.75, 3.05) is 7.11 Å². The van der Waals surface area contributed by atoms with Crippen molar-refractivity contribution in [1.29, 1.82) is 0 Å². The number of rotatable bonds is 5. The van der Waals surface area contributed by atoms with E-state index in [9.17, 15) is 0 Å². The predicted molar refractivity (Wildman–Crippen MR) is 91.5 cm³/mol. The zero-order valence-electron chi connectivity index (χ0n) is 13.4. The second-order valence-corrected chi connectivity index (χ2v) is 6.66. The third kappa shape index (κ3) is 3.40. The maximum atomic E-state index is 5.79. The minimum Gasteiger partial charge on any atom is -0.497 e. The summed E-state index contributed by atoms with van der Waals surface area (Å²) in [4.78, 5) is 5.84. The highest BCUT2D eigenvalue weighted by atomic mass is 32.1. The van der Waals surface area contributed by atoms with E-state index in [0.717, 1.165) is 32.6 Å². The molecule has 0 unspecified atom stereocenters. The number of thiazole rings is 1. The van der Waals surface area contributed by atoms with E-state index in [1.54, 1.807) is 23.1 Å². The van der Waals surface area contributed by atoms with Crippen LogP contribution in [-0.2, 0) is 6.54 Å². The minimum absolute atomic E-state index is 0.0379. The molecule has 0 aliphatic rings. The molecule has 0 spiro atoms. The van der Waals surface area contributed by atoms with Gasteiger partial charge in [0, 0.05) is 16.5 Å². The van der Waals surface area contributed by atoms with Gasteiger partial charge in [-0.15, -0.1) is 16.4 Å². The van der Waals surface area contributed by atoms with Crippen LogP contribution in [0.5, 0.6) is 5.75 Å². The van der Waals surface area contributed by atoms with Gasteiger partial charge in [-0.05, 0) is 38.1 Å². The van der Waals surface area contributed by atoms with Crippen LogP contribution in [-0.4, -0.2) is 33.1 Å². The van der Waals surface area contributed by atoms with Crippen LogP contribution in [0.4, 0.5) is 0 Å². The van der Waals surface area contributed by atoms with Crippen molar-refractivity contribution in [1.82, 2.24) is 20.0 Å². The Morgan fingerprint density at radius 1 is 1.30 bits per heavy atom. The maximum Gasteiger partial charge on any atom is 0.132 e. The lowest BCUT2D eigenvalue weighted by Gasteiger charge is -2.02. The van der Waals surface area contributed by atoms with Gasteiger partial charge in [0.15, 0.2) is 0 Å². The molecule has 120 valence electrons. The number of nitrogens with zero attached hydrogens (tertiary/aromatic N) is 4. The van der Waals surface area contributed by atoms with Crippen LogP contribution in [0.1, 0.15) is 11.8 Å². The Hall–Kier alpha value is -2.25. The first-order valence-electron chi connectivity index (χ1n) is 7.34. The van der Waals surface area contributed by atoms with Crippen LogP contribution in [0.2, 0.25) is 0 Å². The van der Waals surface area contributed by atoms with Crippen LogP contribution in [0.3, 0.4) is 0 Å². The van der Waals surface area contributed by atoms with Crippen molar-refractivity contribution in [3.8, 4) is 27.7 Å². The maximum absolute atomic E-state index is 5.79. The first kappa shape index (κ1) is 15.6. The number of aryl methyl sites for hydroxylation is 1. The molecule has 0 saturated heterocycles. The first-order valence-corrected chi connectivity index (χ1v) is 8.16. The number of hydrogen-bond acceptors (Lipinski definition) is 6. The highest BCUT2D eigenvalue weighted by molar-refractivity contribution is 7.15. The van der Waals surface area contributed by atoms with Crippen LogP contribution >= 0.6 is 11.3 Å². The first-order chi connectivity index (χ1) is 11.1. The summed E-state index contributed by atoms with van der Waals surface area (Å²) in [5.74, 6) is 0.834. The normalized spacial score (nSPS) is 12.3. The molecule has 3 rings (SSSR count). The predicted octanol–water partition coefficient (Wildman–Crippen LogP) is 2.73. The number of benzene rings is 1.